The minimum absolute atomic E-state index is 1.06. The van der Waals surface area contributed by atoms with Crippen LogP contribution in [0.4, 0.5) is 34.1 Å². The monoisotopic (exact) mass is 1400 g/mol. The lowest BCUT2D eigenvalue weighted by Crippen LogP contribution is -2.10. The molecule has 2 nitrogen and oxygen atoms in total. The van der Waals surface area contributed by atoms with Crippen molar-refractivity contribution < 1.29 is 0 Å². The smallest absolute Gasteiger partial charge is 0.0468 e. The molecule has 0 radical (unpaired) electrons. The molecule has 0 aliphatic heterocycles. The van der Waals surface area contributed by atoms with E-state index in [-0.39, 0.29) is 0 Å². The Morgan fingerprint density at radius 1 is 0.0909 bits per heavy atom. The van der Waals surface area contributed by atoms with Gasteiger partial charge in [-0.15, -0.1) is 0 Å². The molecule has 0 aliphatic carbocycles. The highest BCUT2D eigenvalue weighted by molar-refractivity contribution is 5.94. The SMILES string of the molecule is c1ccc(-c2ccc(-c3cc(N(c4ccc(-c5ccccc5)cc4)c4ccc(-c5ccccc5)cc4)ccc3-c3ccc(-c4ccc(-c5cccc(-c6ccc(N(c7ccc(-c8ccccc8)cc7)c7ccc(-c8cccc(-c9ccccc9)c8)c(-c8ccc(-c9ccccc9)cc8)c7)cc6)c5)cc4)cc3)cc2)cc1. The molecule has 0 heterocycles. The predicted octanol–water partition coefficient (Wildman–Crippen LogP) is 30.3. The number of rotatable bonds is 19. The van der Waals surface area contributed by atoms with Gasteiger partial charge >= 0.3 is 0 Å². The largest absolute Gasteiger partial charge is 0.310 e. The van der Waals surface area contributed by atoms with E-state index >= 15 is 0 Å². The summed E-state index contributed by atoms with van der Waals surface area (Å²) in [6, 6.07) is 168. The number of benzene rings is 18. The molecule has 18 rings (SSSR count). The van der Waals surface area contributed by atoms with Crippen LogP contribution in [0, 0.1) is 0 Å². The van der Waals surface area contributed by atoms with Crippen LogP contribution < -0.4 is 9.80 Å². The molecule has 2 heteroatoms. The molecule has 110 heavy (non-hydrogen) atoms. The highest BCUT2D eigenvalue weighted by atomic mass is 15.1. The lowest BCUT2D eigenvalue weighted by atomic mass is 9.91. The Bertz CT molecular complexity index is 6050. The second kappa shape index (κ2) is 30.9. The molecule has 0 aromatic heterocycles. The van der Waals surface area contributed by atoms with E-state index in [4.69, 9.17) is 0 Å². The van der Waals surface area contributed by atoms with Crippen molar-refractivity contribution in [3.8, 4) is 145 Å². The topological polar surface area (TPSA) is 6.48 Å². The lowest BCUT2D eigenvalue weighted by molar-refractivity contribution is 1.28. The average molecular weight is 1400 g/mol. The van der Waals surface area contributed by atoms with Gasteiger partial charge in [0.05, 0.1) is 0 Å². The molecule has 0 spiro atoms. The van der Waals surface area contributed by atoms with Gasteiger partial charge in [-0.05, 0) is 230 Å². The number of hydrogen-bond acceptors (Lipinski definition) is 2. The van der Waals surface area contributed by atoms with Gasteiger partial charge in [-0.2, -0.15) is 0 Å². The normalized spacial score (nSPS) is 11.1. The molecule has 0 unspecified atom stereocenters. The van der Waals surface area contributed by atoms with Gasteiger partial charge in [0.15, 0.2) is 0 Å². The van der Waals surface area contributed by atoms with E-state index in [2.05, 4.69) is 471 Å². The van der Waals surface area contributed by atoms with Gasteiger partial charge in [0, 0.05) is 34.1 Å². The first kappa shape index (κ1) is 67.4. The standard InChI is InChI=1S/C108H76N2/c1-7-21-77(22-8-1)83-43-49-93(50-44-83)107-75-103(109(99-61-53-87(54-62-99)79-25-11-3-12-26-79)100-63-55-88(56-64-100)80-27-13-4-14-28-80)69-71-105(107)92-47-41-86(42-48-92)85-37-39-90(40-38-85)95-33-19-34-96(73-95)91-59-67-102(68-60-91)110(101-65-57-89(58-66-101)81-29-15-5-16-30-81)104-70-72-106(98-36-20-35-97(74-98)82-31-17-6-18-32-82)108(76-104)94-51-45-84(46-52-94)78-23-9-2-10-24-78/h1-76H. The molecular formula is C108H76N2. The van der Waals surface area contributed by atoms with Crippen LogP contribution in [0.1, 0.15) is 0 Å². The maximum Gasteiger partial charge on any atom is 0.0468 e. The summed E-state index contributed by atoms with van der Waals surface area (Å²) in [5, 5.41) is 0. The van der Waals surface area contributed by atoms with Gasteiger partial charge in [-0.3, -0.25) is 0 Å². The molecule has 0 saturated carbocycles. The van der Waals surface area contributed by atoms with Gasteiger partial charge in [0.25, 0.3) is 0 Å². The van der Waals surface area contributed by atoms with E-state index in [0.717, 1.165) is 106 Å². The van der Waals surface area contributed by atoms with Crippen LogP contribution in [0.5, 0.6) is 0 Å². The number of anilines is 6. The molecule has 18 aromatic rings. The molecule has 18 aromatic carbocycles. The van der Waals surface area contributed by atoms with E-state index in [0.29, 0.717) is 0 Å². The van der Waals surface area contributed by atoms with Gasteiger partial charge in [0.1, 0.15) is 0 Å². The van der Waals surface area contributed by atoms with Gasteiger partial charge in [-0.1, -0.05) is 376 Å². The summed E-state index contributed by atoms with van der Waals surface area (Å²) in [5.41, 5.74) is 36.8. The maximum absolute atomic E-state index is 2.39. The summed E-state index contributed by atoms with van der Waals surface area (Å²) in [4.78, 5) is 4.78. The van der Waals surface area contributed by atoms with E-state index in [1.165, 1.54) is 72.3 Å². The summed E-state index contributed by atoms with van der Waals surface area (Å²) in [7, 11) is 0. The fourth-order valence-electron chi connectivity index (χ4n) is 15.3. The quantitative estimate of drug-likeness (QED) is 0.0796. The third-order valence-electron chi connectivity index (χ3n) is 21.2. The van der Waals surface area contributed by atoms with Gasteiger partial charge in [-0.25, -0.2) is 0 Å². The van der Waals surface area contributed by atoms with Crippen molar-refractivity contribution in [2.75, 3.05) is 9.80 Å². The zero-order valence-corrected chi connectivity index (χ0v) is 60.8. The Morgan fingerprint density at radius 2 is 0.255 bits per heavy atom. The Kier molecular flexibility index (Phi) is 19.0. The summed E-state index contributed by atoms with van der Waals surface area (Å²) < 4.78 is 0. The van der Waals surface area contributed by atoms with E-state index < -0.39 is 0 Å². The van der Waals surface area contributed by atoms with E-state index in [1.54, 1.807) is 0 Å². The lowest BCUT2D eigenvalue weighted by Gasteiger charge is -2.27. The minimum Gasteiger partial charge on any atom is -0.310 e. The fraction of sp³-hybridized carbons (Fsp3) is 0. The zero-order chi connectivity index (χ0) is 73.4. The molecule has 0 amide bonds. The molecule has 0 bridgehead atoms. The van der Waals surface area contributed by atoms with Crippen LogP contribution in [0.2, 0.25) is 0 Å². The first-order valence-corrected chi connectivity index (χ1v) is 37.7. The van der Waals surface area contributed by atoms with E-state index in [9.17, 15) is 0 Å². The summed E-state index contributed by atoms with van der Waals surface area (Å²) in [6.07, 6.45) is 0. The Labute approximate surface area is 645 Å². The van der Waals surface area contributed by atoms with Crippen molar-refractivity contribution in [2.45, 2.75) is 0 Å². The van der Waals surface area contributed by atoms with Crippen molar-refractivity contribution in [3.05, 3.63) is 461 Å². The van der Waals surface area contributed by atoms with Gasteiger partial charge in [0.2, 0.25) is 0 Å². The average Bonchev–Trinajstić information content (AvgIpc) is 0.775. The Balaban J connectivity index is 0.646. The molecular weight excluding hydrogens is 1330 g/mol. The highest BCUT2D eigenvalue weighted by Crippen LogP contribution is 2.46. The third kappa shape index (κ3) is 14.4. The Morgan fingerprint density at radius 3 is 0.518 bits per heavy atom. The van der Waals surface area contributed by atoms with E-state index in [1.807, 2.05) is 0 Å². The summed E-state index contributed by atoms with van der Waals surface area (Å²) in [6.45, 7) is 0. The minimum atomic E-state index is 1.06. The third-order valence-corrected chi connectivity index (χ3v) is 21.2. The van der Waals surface area contributed by atoms with Crippen molar-refractivity contribution in [1.29, 1.82) is 0 Å². The summed E-state index contributed by atoms with van der Waals surface area (Å²) >= 11 is 0. The number of nitrogens with zero attached hydrogens (tertiary/aromatic N) is 2. The van der Waals surface area contributed by atoms with Crippen LogP contribution in [0.15, 0.2) is 461 Å². The van der Waals surface area contributed by atoms with Crippen LogP contribution >= 0.6 is 0 Å². The Hall–Kier alpha value is -14.4. The molecule has 0 atom stereocenters. The second-order valence-electron chi connectivity index (χ2n) is 28.0. The first-order chi connectivity index (χ1) is 54.5. The van der Waals surface area contributed by atoms with Crippen molar-refractivity contribution >= 4 is 34.1 Å². The molecule has 0 N–H and O–H groups in total. The maximum atomic E-state index is 2.39. The molecule has 0 saturated heterocycles. The highest BCUT2D eigenvalue weighted by Gasteiger charge is 2.21. The second-order valence-corrected chi connectivity index (χ2v) is 28.0. The first-order valence-electron chi connectivity index (χ1n) is 37.7. The van der Waals surface area contributed by atoms with Gasteiger partial charge < -0.3 is 9.80 Å². The molecule has 0 fully saturated rings. The van der Waals surface area contributed by atoms with Crippen LogP contribution in [0.3, 0.4) is 0 Å². The van der Waals surface area contributed by atoms with Crippen LogP contribution in [0.25, 0.3) is 145 Å². The van der Waals surface area contributed by atoms with Crippen LogP contribution in [-0.4, -0.2) is 0 Å². The number of hydrogen-bond donors (Lipinski definition) is 0. The summed E-state index contributed by atoms with van der Waals surface area (Å²) in [5.74, 6) is 0. The van der Waals surface area contributed by atoms with Crippen molar-refractivity contribution in [2.24, 2.45) is 0 Å². The fourth-order valence-corrected chi connectivity index (χ4v) is 15.3. The van der Waals surface area contributed by atoms with Crippen LogP contribution in [-0.2, 0) is 0 Å². The predicted molar refractivity (Wildman–Crippen MR) is 466 cm³/mol. The zero-order valence-electron chi connectivity index (χ0n) is 60.8. The van der Waals surface area contributed by atoms with Crippen molar-refractivity contribution in [1.82, 2.24) is 0 Å². The van der Waals surface area contributed by atoms with Crippen molar-refractivity contribution in [3.63, 3.8) is 0 Å². The molecule has 518 valence electrons. The molecule has 0 aliphatic rings.